The fraction of sp³-hybridized carbons (Fsp3) is 0.417. The second-order valence-electron chi connectivity index (χ2n) is 4.19. The first-order chi connectivity index (χ1) is 9.64. The number of hydrogen-bond acceptors (Lipinski definition) is 4. The molecule has 0 radical (unpaired) electrons. The molecule has 0 aromatic heterocycles. The van der Waals surface area contributed by atoms with E-state index in [9.17, 15) is 9.36 Å². The lowest BCUT2D eigenvalue weighted by molar-refractivity contribution is 0.0941. The van der Waals surface area contributed by atoms with Gasteiger partial charge in [0.05, 0.1) is 0 Å². The predicted molar refractivity (Wildman–Crippen MR) is 84.3 cm³/mol. The molecule has 21 heavy (non-hydrogen) atoms. The van der Waals surface area contributed by atoms with Crippen LogP contribution >= 0.6 is 42.4 Å². The van der Waals surface area contributed by atoms with Gasteiger partial charge in [-0.15, -0.1) is 0 Å². The zero-order valence-electron chi connectivity index (χ0n) is 11.6. The van der Waals surface area contributed by atoms with Crippen molar-refractivity contribution in [1.29, 1.82) is 0 Å². The van der Waals surface area contributed by atoms with E-state index in [0.29, 0.717) is 5.56 Å². The van der Waals surface area contributed by atoms with Crippen LogP contribution in [-0.4, -0.2) is 29.7 Å². The minimum Gasteiger partial charge on any atom is -0.334 e. The van der Waals surface area contributed by atoms with Gasteiger partial charge in [0, 0.05) is 19.8 Å². The Morgan fingerprint density at radius 2 is 1.67 bits per heavy atom. The molecule has 0 fully saturated rings. The summed E-state index contributed by atoms with van der Waals surface area (Å²) in [5, 5.41) is 2.39. The van der Waals surface area contributed by atoms with Crippen LogP contribution in [0.3, 0.4) is 0 Å². The summed E-state index contributed by atoms with van der Waals surface area (Å²) < 4.78 is 19.9. The Kier molecular flexibility index (Phi) is 6.54. The number of alkyl halides is 3. The van der Waals surface area contributed by atoms with Crippen LogP contribution in [-0.2, 0) is 13.6 Å². The van der Waals surface area contributed by atoms with Crippen molar-refractivity contribution in [2.75, 3.05) is 14.2 Å². The molecule has 5 nitrogen and oxygen atoms in total. The molecule has 0 saturated heterocycles. The highest BCUT2D eigenvalue weighted by Gasteiger charge is 2.49. The maximum absolute atomic E-state index is 12.4. The maximum atomic E-state index is 12.4. The topological polar surface area (TPSA) is 64.6 Å². The molecule has 0 aliphatic heterocycles. The van der Waals surface area contributed by atoms with Crippen molar-refractivity contribution >= 4 is 48.3 Å². The minimum atomic E-state index is -3.82. The first-order valence-corrected chi connectivity index (χ1v) is 8.54. The third kappa shape index (κ3) is 4.85. The first kappa shape index (κ1) is 18.8. The van der Waals surface area contributed by atoms with Crippen molar-refractivity contribution in [2.24, 2.45) is 0 Å². The molecule has 1 amide bonds. The molecule has 0 aliphatic carbocycles. The van der Waals surface area contributed by atoms with E-state index < -0.39 is 23.1 Å². The smallest absolute Gasteiger partial charge is 0.334 e. The number of carbonyl (C=O) groups is 1. The van der Waals surface area contributed by atoms with E-state index in [1.165, 1.54) is 0 Å². The number of hydrogen-bond donors (Lipinski definition) is 1. The summed E-state index contributed by atoms with van der Waals surface area (Å²) in [5.74, 6) is -2.00. The summed E-state index contributed by atoms with van der Waals surface area (Å²) >= 11 is 17.3. The lowest BCUT2D eigenvalue weighted by Gasteiger charge is -2.30. The monoisotopic (exact) mass is 373 g/mol. The van der Waals surface area contributed by atoms with Crippen molar-refractivity contribution in [3.63, 3.8) is 0 Å². The van der Waals surface area contributed by atoms with Gasteiger partial charge in [-0.3, -0.25) is 9.36 Å². The van der Waals surface area contributed by atoms with Crippen molar-refractivity contribution in [3.05, 3.63) is 35.4 Å². The van der Waals surface area contributed by atoms with Crippen LogP contribution in [0.4, 0.5) is 0 Å². The zero-order valence-corrected chi connectivity index (χ0v) is 14.8. The number of rotatable bonds is 5. The van der Waals surface area contributed by atoms with E-state index in [2.05, 4.69) is 5.32 Å². The standard InChI is InChI=1S/C12H15Cl3NO4P/c1-8-4-6-9(7-5-8)10(17)16-11(12(13,14)15)21(18,19-2)20-3/h4-7,11H,1-3H3,(H,16,17)/t11-/m1/s1. The largest absolute Gasteiger partial charge is 0.356 e. The molecule has 0 bridgehead atoms. The number of carbonyl (C=O) groups excluding carboxylic acids is 1. The number of halogens is 3. The van der Waals surface area contributed by atoms with Crippen LogP contribution in [0.5, 0.6) is 0 Å². The van der Waals surface area contributed by atoms with Gasteiger partial charge in [-0.25, -0.2) is 0 Å². The number of nitrogens with one attached hydrogen (secondary N) is 1. The van der Waals surface area contributed by atoms with Crippen LogP contribution < -0.4 is 5.32 Å². The average molecular weight is 375 g/mol. The highest BCUT2D eigenvalue weighted by Crippen LogP contribution is 2.57. The molecular formula is C12H15Cl3NO4P. The molecule has 9 heteroatoms. The Labute approximate surface area is 138 Å². The van der Waals surface area contributed by atoms with Gasteiger partial charge in [0.2, 0.25) is 3.79 Å². The third-order valence-corrected chi connectivity index (χ3v) is 5.99. The van der Waals surface area contributed by atoms with E-state index in [4.69, 9.17) is 43.9 Å². The van der Waals surface area contributed by atoms with Gasteiger partial charge in [-0.2, -0.15) is 0 Å². The lowest BCUT2D eigenvalue weighted by atomic mass is 10.1. The molecule has 118 valence electrons. The van der Waals surface area contributed by atoms with E-state index in [0.717, 1.165) is 19.8 Å². The Morgan fingerprint density at radius 1 is 1.19 bits per heavy atom. The molecule has 0 spiro atoms. The SMILES string of the molecule is COP(=O)(OC)[C@@H](NC(=O)c1ccc(C)cc1)C(Cl)(Cl)Cl. The van der Waals surface area contributed by atoms with Crippen LogP contribution in [0.25, 0.3) is 0 Å². The molecule has 0 saturated carbocycles. The van der Waals surface area contributed by atoms with Crippen molar-refractivity contribution < 1.29 is 18.4 Å². The fourth-order valence-electron chi connectivity index (χ4n) is 1.54. The van der Waals surface area contributed by atoms with E-state index >= 15 is 0 Å². The molecule has 0 heterocycles. The quantitative estimate of drug-likeness (QED) is 0.627. The fourth-order valence-corrected chi connectivity index (χ4v) is 3.98. The number of benzene rings is 1. The van der Waals surface area contributed by atoms with Gasteiger partial charge in [0.1, 0.15) is 0 Å². The second-order valence-corrected chi connectivity index (χ2v) is 8.88. The van der Waals surface area contributed by atoms with Crippen molar-refractivity contribution in [2.45, 2.75) is 16.5 Å². The number of amides is 1. The molecular weight excluding hydrogens is 359 g/mol. The second kappa shape index (κ2) is 7.32. The van der Waals surface area contributed by atoms with E-state index in [-0.39, 0.29) is 0 Å². The Bertz CT molecular complexity index is 536. The van der Waals surface area contributed by atoms with Crippen LogP contribution in [0.15, 0.2) is 24.3 Å². The maximum Gasteiger partial charge on any atom is 0.356 e. The first-order valence-electron chi connectivity index (χ1n) is 5.79. The lowest BCUT2D eigenvalue weighted by Crippen LogP contribution is -2.44. The minimum absolute atomic E-state index is 0.332. The van der Waals surface area contributed by atoms with Gasteiger partial charge in [0.25, 0.3) is 5.91 Å². The summed E-state index contributed by atoms with van der Waals surface area (Å²) in [6.07, 6.45) is 0. The van der Waals surface area contributed by atoms with E-state index in [1.54, 1.807) is 24.3 Å². The van der Waals surface area contributed by atoms with Crippen molar-refractivity contribution in [3.8, 4) is 0 Å². The third-order valence-electron chi connectivity index (χ3n) is 2.72. The zero-order chi connectivity index (χ0) is 16.3. The predicted octanol–water partition coefficient (Wildman–Crippen LogP) is 3.91. The molecule has 1 N–H and O–H groups in total. The Balaban J connectivity index is 3.05. The number of aryl methyl sites for hydroxylation is 1. The summed E-state index contributed by atoms with van der Waals surface area (Å²) in [6.45, 7) is 1.88. The van der Waals surface area contributed by atoms with Crippen LogP contribution in [0.1, 0.15) is 15.9 Å². The Hall–Kier alpha value is -0.290. The van der Waals surface area contributed by atoms with Crippen molar-refractivity contribution in [1.82, 2.24) is 5.32 Å². The molecule has 1 aromatic rings. The summed E-state index contributed by atoms with van der Waals surface area (Å²) in [6, 6.07) is 6.71. The molecule has 0 unspecified atom stereocenters. The molecule has 1 rings (SSSR count). The molecule has 1 aromatic carbocycles. The highest BCUT2D eigenvalue weighted by atomic mass is 35.6. The van der Waals surface area contributed by atoms with Crippen LogP contribution in [0.2, 0.25) is 0 Å². The van der Waals surface area contributed by atoms with Gasteiger partial charge in [-0.1, -0.05) is 52.5 Å². The summed E-state index contributed by atoms with van der Waals surface area (Å²) in [7, 11) is -1.54. The molecule has 1 atom stereocenters. The van der Waals surface area contributed by atoms with Gasteiger partial charge in [-0.05, 0) is 19.1 Å². The Morgan fingerprint density at radius 3 is 2.05 bits per heavy atom. The normalized spacial score (nSPS) is 13.8. The summed E-state index contributed by atoms with van der Waals surface area (Å²) in [4.78, 5) is 12.2. The summed E-state index contributed by atoms with van der Waals surface area (Å²) in [5.41, 5.74) is 1.32. The van der Waals surface area contributed by atoms with E-state index in [1.807, 2.05) is 6.92 Å². The van der Waals surface area contributed by atoms with Gasteiger partial charge < -0.3 is 14.4 Å². The van der Waals surface area contributed by atoms with Crippen LogP contribution in [0, 0.1) is 6.92 Å². The van der Waals surface area contributed by atoms with Gasteiger partial charge >= 0.3 is 7.60 Å². The molecule has 0 aliphatic rings. The highest BCUT2D eigenvalue weighted by molar-refractivity contribution is 7.55. The van der Waals surface area contributed by atoms with Gasteiger partial charge in [0.15, 0.2) is 5.78 Å². The average Bonchev–Trinajstić information content (AvgIpc) is 2.43.